The van der Waals surface area contributed by atoms with Gasteiger partial charge in [-0.2, -0.15) is 0 Å². The summed E-state index contributed by atoms with van der Waals surface area (Å²) in [4.78, 5) is 45.1. The maximum atomic E-state index is 12.4. The number of hydrogen-bond acceptors (Lipinski definition) is 5. The molecule has 0 atom stereocenters. The monoisotopic (exact) mass is 339 g/mol. The van der Waals surface area contributed by atoms with E-state index in [1.807, 2.05) is 30.3 Å². The van der Waals surface area contributed by atoms with Gasteiger partial charge in [0, 0.05) is 20.6 Å². The standard InChI is InChI=1S/C17H17N5O3/c1-10-12(15(23)18-9-11-7-5-4-6-8-11)20-13-14(19-10)21(2)17(25)22(3)16(13)24/h4-8H,9H2,1-3H3,(H,18,23). The summed E-state index contributed by atoms with van der Waals surface area (Å²) < 4.78 is 2.18. The number of amides is 1. The molecule has 0 saturated carbocycles. The molecule has 0 unspecified atom stereocenters. The predicted octanol–water partition coefficient (Wildman–Crippen LogP) is 0.266. The normalized spacial score (nSPS) is 10.8. The molecule has 2 aromatic heterocycles. The molecule has 0 bridgehead atoms. The number of aryl methyl sites for hydroxylation is 2. The largest absolute Gasteiger partial charge is 0.347 e. The minimum Gasteiger partial charge on any atom is -0.347 e. The number of benzene rings is 1. The van der Waals surface area contributed by atoms with Gasteiger partial charge < -0.3 is 5.32 Å². The lowest BCUT2D eigenvalue weighted by atomic mass is 10.2. The lowest BCUT2D eigenvalue weighted by molar-refractivity contribution is 0.0945. The summed E-state index contributed by atoms with van der Waals surface area (Å²) in [6, 6.07) is 9.44. The van der Waals surface area contributed by atoms with Crippen LogP contribution in [0.1, 0.15) is 21.7 Å². The van der Waals surface area contributed by atoms with Gasteiger partial charge in [0.1, 0.15) is 5.69 Å². The molecule has 128 valence electrons. The van der Waals surface area contributed by atoms with Gasteiger partial charge in [0.25, 0.3) is 11.5 Å². The van der Waals surface area contributed by atoms with Crippen molar-refractivity contribution in [2.75, 3.05) is 0 Å². The number of carbonyl (C=O) groups is 1. The SMILES string of the molecule is Cc1nc2c(nc1C(=O)NCc1ccccc1)c(=O)n(C)c(=O)n2C. The van der Waals surface area contributed by atoms with Gasteiger partial charge in [0.05, 0.1) is 5.69 Å². The predicted molar refractivity (Wildman–Crippen MR) is 92.4 cm³/mol. The Kier molecular flexibility index (Phi) is 4.18. The Labute approximate surface area is 142 Å². The Morgan fingerprint density at radius 3 is 2.44 bits per heavy atom. The average molecular weight is 339 g/mol. The summed E-state index contributed by atoms with van der Waals surface area (Å²) in [5.74, 6) is -0.424. The van der Waals surface area contributed by atoms with Crippen LogP contribution in [0, 0.1) is 6.92 Å². The van der Waals surface area contributed by atoms with Crippen LogP contribution in [0.15, 0.2) is 39.9 Å². The number of carbonyl (C=O) groups excluding carboxylic acids is 1. The number of nitrogens with zero attached hydrogens (tertiary/aromatic N) is 4. The Morgan fingerprint density at radius 2 is 1.76 bits per heavy atom. The molecule has 0 aliphatic rings. The molecule has 0 fully saturated rings. The summed E-state index contributed by atoms with van der Waals surface area (Å²) in [6.07, 6.45) is 0. The van der Waals surface area contributed by atoms with Crippen LogP contribution in [0.3, 0.4) is 0 Å². The van der Waals surface area contributed by atoms with E-state index in [4.69, 9.17) is 0 Å². The van der Waals surface area contributed by atoms with Crippen molar-refractivity contribution in [1.29, 1.82) is 0 Å². The Balaban J connectivity index is 2.02. The minimum absolute atomic E-state index is 0.0138. The third-order valence-electron chi connectivity index (χ3n) is 3.96. The van der Waals surface area contributed by atoms with E-state index in [-0.39, 0.29) is 16.9 Å². The fraction of sp³-hybridized carbons (Fsp3) is 0.235. The van der Waals surface area contributed by atoms with E-state index in [1.165, 1.54) is 18.7 Å². The molecule has 1 N–H and O–H groups in total. The van der Waals surface area contributed by atoms with Crippen molar-refractivity contribution in [3.05, 3.63) is 68.1 Å². The van der Waals surface area contributed by atoms with Crippen molar-refractivity contribution in [1.82, 2.24) is 24.4 Å². The maximum Gasteiger partial charge on any atom is 0.332 e. The van der Waals surface area contributed by atoms with Crippen LogP contribution in [-0.4, -0.2) is 25.0 Å². The van der Waals surface area contributed by atoms with Crippen molar-refractivity contribution in [2.45, 2.75) is 13.5 Å². The second-order valence-electron chi connectivity index (χ2n) is 5.70. The van der Waals surface area contributed by atoms with Crippen molar-refractivity contribution in [2.24, 2.45) is 14.1 Å². The molecule has 3 aromatic rings. The number of hydrogen-bond donors (Lipinski definition) is 1. The minimum atomic E-state index is -0.581. The molecule has 0 aliphatic heterocycles. The van der Waals surface area contributed by atoms with E-state index in [0.717, 1.165) is 10.1 Å². The molecule has 3 rings (SSSR count). The van der Waals surface area contributed by atoms with Crippen LogP contribution in [0.2, 0.25) is 0 Å². The Bertz CT molecular complexity index is 1080. The summed E-state index contributed by atoms with van der Waals surface area (Å²) in [6.45, 7) is 1.95. The highest BCUT2D eigenvalue weighted by Crippen LogP contribution is 2.08. The van der Waals surface area contributed by atoms with Gasteiger partial charge in [-0.25, -0.2) is 14.8 Å². The van der Waals surface area contributed by atoms with Gasteiger partial charge >= 0.3 is 5.69 Å². The van der Waals surface area contributed by atoms with Gasteiger partial charge in [-0.15, -0.1) is 0 Å². The lowest BCUT2D eigenvalue weighted by Gasteiger charge is -2.10. The molecule has 25 heavy (non-hydrogen) atoms. The Hall–Kier alpha value is -3.29. The van der Waals surface area contributed by atoms with E-state index in [1.54, 1.807) is 6.92 Å². The lowest BCUT2D eigenvalue weighted by Crippen LogP contribution is -2.38. The first-order chi connectivity index (χ1) is 11.9. The molecule has 0 spiro atoms. The first-order valence-electron chi connectivity index (χ1n) is 7.66. The maximum absolute atomic E-state index is 12.4. The van der Waals surface area contributed by atoms with Gasteiger partial charge in [-0.05, 0) is 12.5 Å². The molecule has 1 aromatic carbocycles. The zero-order chi connectivity index (χ0) is 18.1. The summed E-state index contributed by atoms with van der Waals surface area (Å²) >= 11 is 0. The van der Waals surface area contributed by atoms with E-state index in [0.29, 0.717) is 12.2 Å². The summed E-state index contributed by atoms with van der Waals surface area (Å²) in [5, 5.41) is 2.76. The number of nitrogens with one attached hydrogen (secondary N) is 1. The van der Waals surface area contributed by atoms with Crippen molar-refractivity contribution in [3.8, 4) is 0 Å². The van der Waals surface area contributed by atoms with Crippen molar-refractivity contribution in [3.63, 3.8) is 0 Å². The number of aromatic nitrogens is 4. The second kappa shape index (κ2) is 6.31. The van der Waals surface area contributed by atoms with Crippen molar-refractivity contribution >= 4 is 17.1 Å². The van der Waals surface area contributed by atoms with E-state index >= 15 is 0 Å². The third-order valence-corrected chi connectivity index (χ3v) is 3.96. The number of rotatable bonds is 3. The smallest absolute Gasteiger partial charge is 0.332 e. The third kappa shape index (κ3) is 2.93. The van der Waals surface area contributed by atoms with Crippen LogP contribution in [0.4, 0.5) is 0 Å². The fourth-order valence-electron chi connectivity index (χ4n) is 2.52. The van der Waals surface area contributed by atoms with E-state index < -0.39 is 17.2 Å². The topological polar surface area (TPSA) is 98.9 Å². The molecule has 0 radical (unpaired) electrons. The van der Waals surface area contributed by atoms with E-state index in [9.17, 15) is 14.4 Å². The zero-order valence-electron chi connectivity index (χ0n) is 14.1. The quantitative estimate of drug-likeness (QED) is 0.738. The highest BCUT2D eigenvalue weighted by molar-refractivity contribution is 5.94. The van der Waals surface area contributed by atoms with Crippen molar-refractivity contribution < 1.29 is 4.79 Å². The Morgan fingerprint density at radius 1 is 1.08 bits per heavy atom. The van der Waals surface area contributed by atoms with Crippen LogP contribution in [-0.2, 0) is 20.6 Å². The van der Waals surface area contributed by atoms with Crippen LogP contribution < -0.4 is 16.6 Å². The van der Waals surface area contributed by atoms with Crippen LogP contribution in [0.5, 0.6) is 0 Å². The molecule has 1 amide bonds. The summed E-state index contributed by atoms with van der Waals surface area (Å²) in [7, 11) is 2.87. The second-order valence-corrected chi connectivity index (χ2v) is 5.70. The molecule has 0 aliphatic carbocycles. The molecular weight excluding hydrogens is 322 g/mol. The fourth-order valence-corrected chi connectivity index (χ4v) is 2.52. The first kappa shape index (κ1) is 16.6. The van der Waals surface area contributed by atoms with Gasteiger partial charge in [0.2, 0.25) is 0 Å². The zero-order valence-corrected chi connectivity index (χ0v) is 14.1. The molecule has 2 heterocycles. The molecule has 8 nitrogen and oxygen atoms in total. The highest BCUT2D eigenvalue weighted by Gasteiger charge is 2.18. The number of fused-ring (bicyclic) bond motifs is 1. The van der Waals surface area contributed by atoms with E-state index in [2.05, 4.69) is 15.3 Å². The molecule has 0 saturated heterocycles. The average Bonchev–Trinajstić information content (AvgIpc) is 2.63. The van der Waals surface area contributed by atoms with Gasteiger partial charge in [0.15, 0.2) is 11.2 Å². The summed E-state index contributed by atoms with van der Waals surface area (Å²) in [5.41, 5.74) is 0.432. The van der Waals surface area contributed by atoms with Crippen LogP contribution in [0.25, 0.3) is 11.2 Å². The highest BCUT2D eigenvalue weighted by atomic mass is 16.2. The first-order valence-corrected chi connectivity index (χ1v) is 7.66. The van der Waals surface area contributed by atoms with Gasteiger partial charge in [-0.1, -0.05) is 30.3 Å². The van der Waals surface area contributed by atoms with Gasteiger partial charge in [-0.3, -0.25) is 18.7 Å². The molecular formula is C17H17N5O3. The molecule has 8 heteroatoms. The van der Waals surface area contributed by atoms with Crippen LogP contribution >= 0.6 is 0 Å².